The van der Waals surface area contributed by atoms with Crippen molar-refractivity contribution in [2.24, 2.45) is 11.3 Å². The second-order valence-electron chi connectivity index (χ2n) is 8.08. The van der Waals surface area contributed by atoms with Crippen molar-refractivity contribution in [3.05, 3.63) is 30.1 Å². The fourth-order valence-corrected chi connectivity index (χ4v) is 4.88. The zero-order valence-electron chi connectivity index (χ0n) is 15.5. The first kappa shape index (κ1) is 17.7. The van der Waals surface area contributed by atoms with E-state index in [1.807, 2.05) is 23.4 Å². The average molecular weight is 358 g/mol. The van der Waals surface area contributed by atoms with E-state index in [-0.39, 0.29) is 11.4 Å². The fraction of sp³-hybridized carbons (Fsp3) is 0.700. The maximum absolute atomic E-state index is 12.4. The molecule has 3 fully saturated rings. The van der Waals surface area contributed by atoms with E-state index in [0.717, 1.165) is 78.2 Å². The van der Waals surface area contributed by atoms with Gasteiger partial charge in [-0.15, -0.1) is 0 Å². The van der Waals surface area contributed by atoms with Crippen LogP contribution in [0.2, 0.25) is 0 Å². The molecule has 3 aliphatic rings. The Kier molecular flexibility index (Phi) is 5.41. The lowest BCUT2D eigenvalue weighted by molar-refractivity contribution is -0.0000814. The van der Waals surface area contributed by atoms with E-state index < -0.39 is 0 Å². The molecule has 4 rings (SSSR count). The van der Waals surface area contributed by atoms with Gasteiger partial charge in [0.25, 0.3) is 0 Å². The first-order valence-corrected chi connectivity index (χ1v) is 9.97. The van der Waals surface area contributed by atoms with Gasteiger partial charge in [0.2, 0.25) is 0 Å². The molecule has 0 aliphatic carbocycles. The minimum atomic E-state index is 0.121. The molecule has 4 heterocycles. The topological polar surface area (TPSA) is 57.7 Å². The molecule has 2 amide bonds. The van der Waals surface area contributed by atoms with Crippen molar-refractivity contribution in [1.29, 1.82) is 0 Å². The predicted molar refractivity (Wildman–Crippen MR) is 99.7 cm³/mol. The summed E-state index contributed by atoms with van der Waals surface area (Å²) in [4.78, 5) is 21.2. The molecular formula is C20H30N4O2. The lowest BCUT2D eigenvalue weighted by Crippen LogP contribution is -2.45. The lowest BCUT2D eigenvalue weighted by Gasteiger charge is -2.38. The van der Waals surface area contributed by atoms with Gasteiger partial charge in [0.05, 0.1) is 0 Å². The Labute approximate surface area is 155 Å². The molecule has 0 radical (unpaired) electrons. The molecule has 6 nitrogen and oxygen atoms in total. The van der Waals surface area contributed by atoms with Crippen LogP contribution in [0.3, 0.4) is 0 Å². The largest absolute Gasteiger partial charge is 0.381 e. The monoisotopic (exact) mass is 358 g/mol. The number of carbonyl (C=O) groups excluding carboxylic acids is 1. The normalized spacial score (nSPS) is 25.7. The maximum Gasteiger partial charge on any atom is 0.317 e. The summed E-state index contributed by atoms with van der Waals surface area (Å²) in [7, 11) is 0. The van der Waals surface area contributed by atoms with Gasteiger partial charge in [-0.1, -0.05) is 6.07 Å². The van der Waals surface area contributed by atoms with Crippen molar-refractivity contribution in [3.8, 4) is 0 Å². The highest BCUT2D eigenvalue weighted by atomic mass is 16.5. The third-order valence-electron chi connectivity index (χ3n) is 6.39. The van der Waals surface area contributed by atoms with Crippen LogP contribution in [0.15, 0.2) is 24.5 Å². The van der Waals surface area contributed by atoms with E-state index in [0.29, 0.717) is 5.92 Å². The Balaban J connectivity index is 1.39. The second kappa shape index (κ2) is 7.92. The van der Waals surface area contributed by atoms with Gasteiger partial charge in [-0.05, 0) is 48.6 Å². The van der Waals surface area contributed by atoms with Crippen molar-refractivity contribution in [1.82, 2.24) is 20.1 Å². The van der Waals surface area contributed by atoms with Crippen LogP contribution in [0.25, 0.3) is 0 Å². The number of ether oxygens (including phenoxy) is 1. The number of likely N-dealkylation sites (tertiary alicyclic amines) is 2. The Morgan fingerprint density at radius 3 is 2.85 bits per heavy atom. The Bertz CT molecular complexity index is 597. The summed E-state index contributed by atoms with van der Waals surface area (Å²) < 4.78 is 5.64. The third-order valence-corrected chi connectivity index (χ3v) is 6.39. The highest BCUT2D eigenvalue weighted by Crippen LogP contribution is 2.44. The molecule has 0 bridgehead atoms. The number of rotatable bonds is 4. The number of hydrogen-bond acceptors (Lipinski definition) is 4. The van der Waals surface area contributed by atoms with E-state index in [1.54, 1.807) is 0 Å². The van der Waals surface area contributed by atoms with Crippen molar-refractivity contribution >= 4 is 6.03 Å². The Hall–Kier alpha value is -1.66. The fourth-order valence-electron chi connectivity index (χ4n) is 4.88. The van der Waals surface area contributed by atoms with E-state index >= 15 is 0 Å². The summed E-state index contributed by atoms with van der Waals surface area (Å²) in [5, 5.41) is 3.23. The number of nitrogens with zero attached hydrogens (tertiary/aromatic N) is 3. The van der Waals surface area contributed by atoms with Gasteiger partial charge in [0.15, 0.2) is 0 Å². The molecule has 1 atom stereocenters. The third kappa shape index (κ3) is 3.86. The number of carbonyl (C=O) groups is 1. The van der Waals surface area contributed by atoms with Crippen molar-refractivity contribution in [3.63, 3.8) is 0 Å². The van der Waals surface area contributed by atoms with Crippen LogP contribution in [-0.2, 0) is 11.3 Å². The van der Waals surface area contributed by atoms with E-state index in [1.165, 1.54) is 5.56 Å². The standard InChI is InChI=1S/C20H30N4O2/c25-19(24-8-1-2-9-24)22-13-18-15-23(14-17-4-3-7-21-12-17)16-20(18)5-10-26-11-6-20/h3-4,7,12,18H,1-2,5-6,8-11,13-16H2,(H,22,25). The molecule has 1 spiro atoms. The van der Waals surface area contributed by atoms with Crippen LogP contribution < -0.4 is 5.32 Å². The number of aromatic nitrogens is 1. The maximum atomic E-state index is 12.4. The van der Waals surface area contributed by atoms with Crippen LogP contribution >= 0.6 is 0 Å². The predicted octanol–water partition coefficient (Wildman–Crippen LogP) is 2.12. The first-order chi connectivity index (χ1) is 12.8. The van der Waals surface area contributed by atoms with E-state index in [9.17, 15) is 4.79 Å². The van der Waals surface area contributed by atoms with Gasteiger partial charge in [0, 0.05) is 64.9 Å². The van der Waals surface area contributed by atoms with Crippen molar-refractivity contribution < 1.29 is 9.53 Å². The summed E-state index contributed by atoms with van der Waals surface area (Å²) in [6.07, 6.45) is 8.25. The number of urea groups is 1. The molecule has 6 heteroatoms. The Morgan fingerprint density at radius 1 is 1.31 bits per heavy atom. The van der Waals surface area contributed by atoms with E-state index in [4.69, 9.17) is 4.74 Å². The van der Waals surface area contributed by atoms with Crippen LogP contribution in [0, 0.1) is 11.3 Å². The number of hydrogen-bond donors (Lipinski definition) is 1. The summed E-state index contributed by atoms with van der Waals surface area (Å²) in [5.74, 6) is 0.495. The quantitative estimate of drug-likeness (QED) is 0.896. The smallest absolute Gasteiger partial charge is 0.317 e. The summed E-state index contributed by atoms with van der Waals surface area (Å²) in [6.45, 7) is 7.34. The van der Waals surface area contributed by atoms with Gasteiger partial charge in [-0.2, -0.15) is 0 Å². The first-order valence-electron chi connectivity index (χ1n) is 9.97. The molecule has 142 valence electrons. The van der Waals surface area contributed by atoms with Crippen LogP contribution in [0.5, 0.6) is 0 Å². The second-order valence-corrected chi connectivity index (χ2v) is 8.08. The number of amides is 2. The highest BCUT2D eigenvalue weighted by Gasteiger charge is 2.47. The molecule has 26 heavy (non-hydrogen) atoms. The van der Waals surface area contributed by atoms with Gasteiger partial charge in [-0.3, -0.25) is 9.88 Å². The molecule has 1 N–H and O–H groups in total. The average Bonchev–Trinajstić information content (AvgIpc) is 3.30. The van der Waals surface area contributed by atoms with Gasteiger partial charge in [0.1, 0.15) is 0 Å². The molecule has 1 unspecified atom stereocenters. The molecule has 0 saturated carbocycles. The van der Waals surface area contributed by atoms with Crippen LogP contribution in [-0.4, -0.2) is 66.8 Å². The van der Waals surface area contributed by atoms with Gasteiger partial charge < -0.3 is 15.0 Å². The number of pyridine rings is 1. The molecule has 0 aromatic carbocycles. The van der Waals surface area contributed by atoms with Crippen LogP contribution in [0.1, 0.15) is 31.2 Å². The minimum absolute atomic E-state index is 0.121. The Morgan fingerprint density at radius 2 is 2.12 bits per heavy atom. The summed E-state index contributed by atoms with van der Waals surface area (Å²) in [5.41, 5.74) is 1.54. The SMILES string of the molecule is O=C(NCC1CN(Cc2cccnc2)CC12CCOCC2)N1CCCC1. The van der Waals surface area contributed by atoms with E-state index in [2.05, 4.69) is 21.3 Å². The molecule has 1 aromatic rings. The summed E-state index contributed by atoms with van der Waals surface area (Å²) in [6, 6.07) is 4.27. The molecular weight excluding hydrogens is 328 g/mol. The minimum Gasteiger partial charge on any atom is -0.381 e. The molecule has 1 aromatic heterocycles. The van der Waals surface area contributed by atoms with Gasteiger partial charge in [-0.25, -0.2) is 4.79 Å². The van der Waals surface area contributed by atoms with Crippen molar-refractivity contribution in [2.45, 2.75) is 32.2 Å². The zero-order chi connectivity index (χ0) is 17.8. The van der Waals surface area contributed by atoms with Crippen LogP contribution in [0.4, 0.5) is 4.79 Å². The van der Waals surface area contributed by atoms with Crippen molar-refractivity contribution in [2.75, 3.05) is 45.9 Å². The molecule has 3 saturated heterocycles. The van der Waals surface area contributed by atoms with Gasteiger partial charge >= 0.3 is 6.03 Å². The number of nitrogens with one attached hydrogen (secondary N) is 1. The molecule has 3 aliphatic heterocycles. The summed E-state index contributed by atoms with van der Waals surface area (Å²) >= 11 is 0. The highest BCUT2D eigenvalue weighted by molar-refractivity contribution is 5.74. The zero-order valence-corrected chi connectivity index (χ0v) is 15.5. The lowest BCUT2D eigenvalue weighted by atomic mass is 9.72.